The molecule has 1 heterocycles. The number of imidazole rings is 1. The Morgan fingerprint density at radius 3 is 2.58 bits per heavy atom. The Morgan fingerprint density at radius 2 is 2.25 bits per heavy atom. The summed E-state index contributed by atoms with van der Waals surface area (Å²) in [5, 5.41) is -1.04. The molecular formula is C5H7N3O3S. The number of nitrogen functional groups attached to an aromatic ring is 1. The molecule has 0 aromatic carbocycles. The van der Waals surface area contributed by atoms with Crippen LogP contribution in [0.5, 0.6) is 0 Å². The Morgan fingerprint density at radius 1 is 1.67 bits per heavy atom. The maximum absolute atomic E-state index is 11.0. The van der Waals surface area contributed by atoms with Gasteiger partial charge in [-0.1, -0.05) is 0 Å². The minimum absolute atomic E-state index is 0.106. The van der Waals surface area contributed by atoms with E-state index in [4.69, 9.17) is 5.73 Å². The SMILES string of the molecule is CS(=O)(=O)C(=O)c1[nH]cnc1N. The Hall–Kier alpha value is -1.37. The van der Waals surface area contributed by atoms with Crippen molar-refractivity contribution in [2.45, 2.75) is 0 Å². The van der Waals surface area contributed by atoms with Crippen LogP contribution in [0, 0.1) is 0 Å². The van der Waals surface area contributed by atoms with Gasteiger partial charge >= 0.3 is 0 Å². The molecule has 0 amide bonds. The molecule has 0 saturated heterocycles. The third kappa shape index (κ3) is 1.45. The second kappa shape index (κ2) is 2.59. The lowest BCUT2D eigenvalue weighted by atomic mass is 10.5. The minimum atomic E-state index is -3.74. The summed E-state index contributed by atoms with van der Waals surface area (Å²) >= 11 is 0. The van der Waals surface area contributed by atoms with Crippen LogP contribution in [0.4, 0.5) is 5.82 Å². The van der Waals surface area contributed by atoms with Gasteiger partial charge in [-0.05, 0) is 0 Å². The summed E-state index contributed by atoms with van der Waals surface area (Å²) in [7, 11) is -3.74. The van der Waals surface area contributed by atoms with E-state index in [0.29, 0.717) is 0 Å². The van der Waals surface area contributed by atoms with Gasteiger partial charge in [0.15, 0.2) is 5.82 Å². The van der Waals surface area contributed by atoms with Crippen molar-refractivity contribution in [1.29, 1.82) is 0 Å². The van der Waals surface area contributed by atoms with Crippen LogP contribution in [0.25, 0.3) is 0 Å². The van der Waals surface area contributed by atoms with E-state index in [-0.39, 0.29) is 11.5 Å². The molecule has 7 heteroatoms. The van der Waals surface area contributed by atoms with Crippen molar-refractivity contribution < 1.29 is 13.2 Å². The van der Waals surface area contributed by atoms with E-state index in [0.717, 1.165) is 12.6 Å². The Labute approximate surface area is 68.7 Å². The first-order valence-corrected chi connectivity index (χ1v) is 4.85. The summed E-state index contributed by atoms with van der Waals surface area (Å²) in [5.74, 6) is -0.106. The summed E-state index contributed by atoms with van der Waals surface area (Å²) in [5.41, 5.74) is 5.03. The van der Waals surface area contributed by atoms with Crippen molar-refractivity contribution in [3.05, 3.63) is 12.0 Å². The first kappa shape index (κ1) is 8.72. The van der Waals surface area contributed by atoms with Crippen molar-refractivity contribution in [2.24, 2.45) is 0 Å². The predicted octanol–water partition coefficient (Wildman–Crippen LogP) is -0.823. The highest BCUT2D eigenvalue weighted by Crippen LogP contribution is 2.07. The summed E-state index contributed by atoms with van der Waals surface area (Å²) in [6, 6.07) is 0. The quantitative estimate of drug-likeness (QED) is 0.600. The molecule has 0 fully saturated rings. The topological polar surface area (TPSA) is 106 Å². The molecule has 0 spiro atoms. The molecule has 0 radical (unpaired) electrons. The largest absolute Gasteiger partial charge is 0.382 e. The van der Waals surface area contributed by atoms with Gasteiger partial charge < -0.3 is 10.7 Å². The van der Waals surface area contributed by atoms with Crippen molar-refractivity contribution in [3.63, 3.8) is 0 Å². The molecule has 1 aromatic heterocycles. The second-order valence-corrected chi connectivity index (χ2v) is 4.14. The molecule has 1 aromatic rings. The molecule has 0 saturated carbocycles. The van der Waals surface area contributed by atoms with Gasteiger partial charge in [-0.2, -0.15) is 0 Å². The number of rotatable bonds is 1. The highest BCUT2D eigenvalue weighted by molar-refractivity contribution is 8.06. The van der Waals surface area contributed by atoms with E-state index >= 15 is 0 Å². The average Bonchev–Trinajstić information content (AvgIpc) is 2.31. The minimum Gasteiger partial charge on any atom is -0.382 e. The van der Waals surface area contributed by atoms with Crippen LogP contribution in [-0.2, 0) is 9.84 Å². The number of aromatic amines is 1. The van der Waals surface area contributed by atoms with Crippen molar-refractivity contribution in [3.8, 4) is 0 Å². The molecule has 1 rings (SSSR count). The molecule has 0 unspecified atom stereocenters. The van der Waals surface area contributed by atoms with E-state index in [1.165, 1.54) is 0 Å². The number of nitrogens with zero attached hydrogens (tertiary/aromatic N) is 1. The number of H-pyrrole nitrogens is 1. The molecule has 66 valence electrons. The van der Waals surface area contributed by atoms with Crippen LogP contribution < -0.4 is 5.73 Å². The molecule has 12 heavy (non-hydrogen) atoms. The predicted molar refractivity (Wildman–Crippen MR) is 42.2 cm³/mol. The highest BCUT2D eigenvalue weighted by atomic mass is 32.2. The first-order valence-electron chi connectivity index (χ1n) is 2.96. The number of nitrogens with one attached hydrogen (secondary N) is 1. The summed E-state index contributed by atoms with van der Waals surface area (Å²) < 4.78 is 21.5. The second-order valence-electron chi connectivity index (χ2n) is 2.22. The van der Waals surface area contributed by atoms with E-state index in [1.54, 1.807) is 0 Å². The van der Waals surface area contributed by atoms with E-state index in [9.17, 15) is 13.2 Å². The Kier molecular flexibility index (Phi) is 1.89. The highest BCUT2D eigenvalue weighted by Gasteiger charge is 2.22. The Balaban J connectivity index is 3.19. The molecule has 0 atom stereocenters. The Bertz CT molecular complexity index is 405. The third-order valence-electron chi connectivity index (χ3n) is 1.21. The number of sulfone groups is 1. The maximum atomic E-state index is 11.0. The maximum Gasteiger partial charge on any atom is 0.296 e. The van der Waals surface area contributed by atoms with Crippen molar-refractivity contribution in [1.82, 2.24) is 9.97 Å². The number of aromatic nitrogens is 2. The van der Waals surface area contributed by atoms with E-state index in [1.807, 2.05) is 0 Å². The summed E-state index contributed by atoms with van der Waals surface area (Å²) in [6.45, 7) is 0. The molecule has 0 aliphatic carbocycles. The standard InChI is InChI=1S/C5H7N3O3S/c1-12(10,11)5(9)3-4(6)8-2-7-3/h2H,6H2,1H3,(H,7,8). The lowest BCUT2D eigenvalue weighted by molar-refractivity contribution is 0.107. The third-order valence-corrected chi connectivity index (χ3v) is 2.09. The fourth-order valence-corrected chi connectivity index (χ4v) is 1.19. The van der Waals surface area contributed by atoms with Crippen LogP contribution in [0.15, 0.2) is 6.33 Å². The molecular weight excluding hydrogens is 182 g/mol. The molecule has 0 aliphatic heterocycles. The number of hydrogen-bond donors (Lipinski definition) is 2. The van der Waals surface area contributed by atoms with Gasteiger partial charge in [-0.3, -0.25) is 4.79 Å². The zero-order valence-corrected chi connectivity index (χ0v) is 7.05. The van der Waals surface area contributed by atoms with Crippen molar-refractivity contribution >= 4 is 20.8 Å². The summed E-state index contributed by atoms with van der Waals surface area (Å²) in [4.78, 5) is 16.8. The lowest BCUT2D eigenvalue weighted by Crippen LogP contribution is -2.14. The van der Waals surface area contributed by atoms with Crippen LogP contribution in [0.3, 0.4) is 0 Å². The van der Waals surface area contributed by atoms with Gasteiger partial charge in [0.05, 0.1) is 6.33 Å². The smallest absolute Gasteiger partial charge is 0.296 e. The number of hydrogen-bond acceptors (Lipinski definition) is 5. The van der Waals surface area contributed by atoms with Crippen LogP contribution >= 0.6 is 0 Å². The fourth-order valence-electron chi connectivity index (χ4n) is 0.654. The van der Waals surface area contributed by atoms with E-state index in [2.05, 4.69) is 9.97 Å². The van der Waals surface area contributed by atoms with E-state index < -0.39 is 15.0 Å². The van der Waals surface area contributed by atoms with Gasteiger partial charge in [-0.15, -0.1) is 0 Å². The normalized spacial score (nSPS) is 11.4. The number of carbonyl (C=O) groups excluding carboxylic acids is 1. The lowest BCUT2D eigenvalue weighted by Gasteiger charge is -1.93. The number of carbonyl (C=O) groups is 1. The van der Waals surface area contributed by atoms with Gasteiger partial charge in [0.25, 0.3) is 5.12 Å². The molecule has 6 nitrogen and oxygen atoms in total. The van der Waals surface area contributed by atoms with Gasteiger partial charge in [0.1, 0.15) is 5.69 Å². The molecule has 0 aliphatic rings. The molecule has 3 N–H and O–H groups in total. The molecule has 0 bridgehead atoms. The summed E-state index contributed by atoms with van der Waals surface area (Å²) in [6.07, 6.45) is 1.98. The first-order chi connectivity index (χ1) is 5.43. The van der Waals surface area contributed by atoms with Crippen LogP contribution in [-0.4, -0.2) is 29.8 Å². The van der Waals surface area contributed by atoms with Gasteiger partial charge in [0.2, 0.25) is 9.84 Å². The van der Waals surface area contributed by atoms with Crippen LogP contribution in [0.1, 0.15) is 10.5 Å². The van der Waals surface area contributed by atoms with Gasteiger partial charge in [-0.25, -0.2) is 13.4 Å². The van der Waals surface area contributed by atoms with Crippen LogP contribution in [0.2, 0.25) is 0 Å². The van der Waals surface area contributed by atoms with Crippen molar-refractivity contribution in [2.75, 3.05) is 12.0 Å². The monoisotopic (exact) mass is 189 g/mol. The number of anilines is 1. The van der Waals surface area contributed by atoms with Gasteiger partial charge in [0, 0.05) is 6.26 Å². The zero-order valence-electron chi connectivity index (χ0n) is 6.23. The average molecular weight is 189 g/mol. The number of nitrogens with two attached hydrogens (primary N) is 1. The fraction of sp³-hybridized carbons (Fsp3) is 0.200. The zero-order chi connectivity index (χ0) is 9.35.